The van der Waals surface area contributed by atoms with Gasteiger partial charge in [0.1, 0.15) is 66.2 Å². The lowest BCUT2D eigenvalue weighted by atomic mass is 10.0. The zero-order valence-corrected chi connectivity index (χ0v) is 65.8. The van der Waals surface area contributed by atoms with E-state index in [0.717, 1.165) is 0 Å². The van der Waals surface area contributed by atoms with Crippen LogP contribution in [0.25, 0.3) is 0 Å². The second-order valence-electron chi connectivity index (χ2n) is 26.6. The summed E-state index contributed by atoms with van der Waals surface area (Å²) in [5, 5.41) is 44.1. The van der Waals surface area contributed by atoms with Crippen molar-refractivity contribution in [1.29, 1.82) is 0 Å². The Balaban J connectivity index is 3.92. The number of primary amides is 2. The number of hydrogen-bond donors (Lipinski definition) is 28. The summed E-state index contributed by atoms with van der Waals surface area (Å²) in [6.45, 7) is 0.871. The van der Waals surface area contributed by atoms with Gasteiger partial charge in [-0.2, -0.15) is 0 Å². The van der Waals surface area contributed by atoms with Crippen molar-refractivity contribution in [1.82, 2.24) is 69.1 Å². The van der Waals surface area contributed by atoms with Gasteiger partial charge in [0, 0.05) is 73.1 Å². The lowest BCUT2D eigenvalue weighted by molar-refractivity contribution is -0.136. The number of phenolic OH excluding ortho intramolecular Hbond substituents is 1. The van der Waals surface area contributed by atoms with Crippen LogP contribution >= 0.6 is 0 Å². The topological polar surface area (TPSA) is 837 Å². The van der Waals surface area contributed by atoms with Crippen LogP contribution in [-0.4, -0.2) is 251 Å². The fourth-order valence-corrected chi connectivity index (χ4v) is 11.1. The Bertz CT molecular complexity index is 3450. The van der Waals surface area contributed by atoms with Crippen LogP contribution in [0.5, 0.6) is 5.75 Å². The fourth-order valence-electron chi connectivity index (χ4n) is 11.1. The molecule has 115 heavy (non-hydrogen) atoms. The third-order valence-corrected chi connectivity index (χ3v) is 17.0. The summed E-state index contributed by atoms with van der Waals surface area (Å²) in [6.07, 6.45) is -0.458. The van der Waals surface area contributed by atoms with Gasteiger partial charge in [-0.1, -0.05) is 12.1 Å². The smallest absolute Gasteiger partial charge is 0.243 e. The predicted molar refractivity (Wildman–Crippen MR) is 432 cm³/mol. The van der Waals surface area contributed by atoms with E-state index in [1.807, 2.05) is 0 Å². The van der Waals surface area contributed by atoms with Gasteiger partial charge in [0.05, 0.1) is 6.54 Å². The highest BCUT2D eigenvalue weighted by Crippen LogP contribution is 2.15. The fraction of sp³-hybridized carbons (Fsp3) is 0.632. The van der Waals surface area contributed by atoms with Crippen molar-refractivity contribution in [3.05, 3.63) is 29.8 Å². The van der Waals surface area contributed by atoms with E-state index in [2.05, 4.69) is 99.1 Å². The summed E-state index contributed by atoms with van der Waals surface area (Å²) >= 11 is 0. The van der Waals surface area contributed by atoms with E-state index in [9.17, 15) is 67.4 Å². The Kier molecular flexibility index (Phi) is 50.5. The number of aliphatic imine (C=N–C) groups is 6. The number of phenols is 1. The lowest BCUT2D eigenvalue weighted by Gasteiger charge is -2.28. The zero-order valence-electron chi connectivity index (χ0n) is 65.8. The number of guanidine groups is 6. The second-order valence-corrected chi connectivity index (χ2v) is 26.6. The Hall–Kier alpha value is -12.3. The monoisotopic (exact) mass is 1630 g/mol. The summed E-state index contributed by atoms with van der Waals surface area (Å²) in [5.74, 6) is -12.7. The predicted octanol–water partition coefficient (Wildman–Crippen LogP) is -11.2. The molecule has 0 saturated heterocycles. The number of carbonyl (C=O) groups is 13. The first kappa shape index (κ1) is 101. The average Bonchev–Trinajstić information content (AvgIpc) is 0.866. The SMILES string of the molecule is CN=C(NC)NCCC[C@H](NC(=O)[C@H](CCCN=C(N)N)NC(=O)[C@H](CCCN=C(N)N)NC(=O)[C@H](CCC(N)=O)NC(=O)[C@H](CCCN=C(N)N)NC(=O)[C@H](CCCN=C(N)N)NC(=O)[C@H](CCCCN)NC(=O)[C@H](CCCCN)NC(=O)[C@H](CCCN=C(N)N)NC(=O)CNC(=O)[C@H](Cc1ccc(O)cc1)NC(C)=O)C(N)=O. The minimum Gasteiger partial charge on any atom is -0.508 e. The van der Waals surface area contributed by atoms with E-state index in [0.29, 0.717) is 37.3 Å². The number of rotatable bonds is 59. The molecule has 10 atom stereocenters. The molecule has 0 aliphatic heterocycles. The van der Waals surface area contributed by atoms with Crippen LogP contribution in [0.1, 0.15) is 141 Å². The van der Waals surface area contributed by atoms with Crippen LogP contribution in [0.15, 0.2) is 54.2 Å². The number of unbranched alkanes of at least 4 members (excludes halogenated alkanes) is 2. The van der Waals surface area contributed by atoms with Gasteiger partial charge in [0.25, 0.3) is 0 Å². The van der Waals surface area contributed by atoms with Crippen LogP contribution in [-0.2, 0) is 68.7 Å². The molecule has 646 valence electrons. The maximum Gasteiger partial charge on any atom is 0.243 e. The summed E-state index contributed by atoms with van der Waals surface area (Å²) in [4.78, 5) is 205. The molecule has 0 heterocycles. The average molecular weight is 1630 g/mol. The van der Waals surface area contributed by atoms with Crippen LogP contribution in [0.3, 0.4) is 0 Å². The van der Waals surface area contributed by atoms with Crippen LogP contribution < -0.4 is 149 Å². The second kappa shape index (κ2) is 57.7. The molecule has 0 aromatic heterocycles. The molecule has 0 saturated carbocycles. The van der Waals surface area contributed by atoms with E-state index in [1.165, 1.54) is 19.1 Å². The molecular weight excluding hydrogens is 1500 g/mol. The number of benzene rings is 1. The number of nitrogens with one attached hydrogen (secondary N) is 13. The first-order chi connectivity index (χ1) is 54.5. The van der Waals surface area contributed by atoms with Gasteiger partial charge in [0.2, 0.25) is 76.8 Å². The molecule has 0 fully saturated rings. The standard InChI is InChI=1S/C68H125N33O14/c1-38(102)92-50(36-39-22-24-40(103)25-23-39)54(107)91-37-52(105)93-42(17-9-30-85-63(73)74)55(108)95-43(14-4-6-28-69)57(110)96-44(15-5-7-29-70)58(111)98-46(19-11-32-87-65(77)78)59(112)99-48(21-13-34-89-67(81)82)61(114)101-49(26-27-51(71)104)62(115)100-47(20-12-33-88-66(79)80)60(113)97-45(18-10-31-86-64(75)76)56(109)94-41(53(72)106)16-8-35-90-68(83-2)84-3/h22-25,41-50,103H,4-21,26-37,69-70H2,1-3H3,(H2,71,104)(H2,72,106)(H,91,107)(H,92,102)(H,93,105)(H,94,109)(H,95,108)(H,96,110)(H,97,113)(H,98,111)(H,99,112)(H,100,115)(H,101,114)(H4,73,74,85)(H4,75,76,86)(H4,77,78,87)(H4,79,80,88)(H4,81,82,89)(H2,83,84,90)/t41-,42-,43-,44-,45-,46-,47-,48-,49-,50-/m0/s1. The van der Waals surface area contributed by atoms with E-state index in [-0.39, 0.29) is 184 Å². The van der Waals surface area contributed by atoms with Gasteiger partial charge in [-0.15, -0.1) is 0 Å². The van der Waals surface area contributed by atoms with Crippen molar-refractivity contribution in [2.75, 3.05) is 73.0 Å². The molecule has 0 aliphatic rings. The number of nitrogens with zero attached hydrogens (tertiary/aromatic N) is 6. The van der Waals surface area contributed by atoms with E-state index in [4.69, 9.17) is 80.3 Å². The molecule has 13 amide bonds. The van der Waals surface area contributed by atoms with Gasteiger partial charge in [-0.3, -0.25) is 92.3 Å². The van der Waals surface area contributed by atoms with Crippen molar-refractivity contribution < 1.29 is 67.4 Å². The van der Waals surface area contributed by atoms with Crippen LogP contribution in [0.2, 0.25) is 0 Å². The Morgan fingerprint density at radius 3 is 0.957 bits per heavy atom. The maximum atomic E-state index is 14.9. The molecule has 0 bridgehead atoms. The van der Waals surface area contributed by atoms with Gasteiger partial charge in [-0.05, 0) is 153 Å². The Labute approximate surface area is 667 Å². The van der Waals surface area contributed by atoms with Crippen molar-refractivity contribution in [2.45, 2.75) is 202 Å². The quantitative estimate of drug-likeness (QED) is 0.0164. The van der Waals surface area contributed by atoms with Gasteiger partial charge in [0.15, 0.2) is 35.8 Å². The first-order valence-corrected chi connectivity index (χ1v) is 37.7. The number of aromatic hydroxyl groups is 1. The van der Waals surface area contributed by atoms with E-state index < -0.39 is 157 Å². The van der Waals surface area contributed by atoms with Gasteiger partial charge < -0.3 is 154 Å². The van der Waals surface area contributed by atoms with E-state index in [1.54, 1.807) is 26.2 Å². The Morgan fingerprint density at radius 2 is 0.670 bits per heavy atom. The van der Waals surface area contributed by atoms with Crippen molar-refractivity contribution in [3.8, 4) is 5.75 Å². The summed E-state index contributed by atoms with van der Waals surface area (Å²) in [5.41, 5.74) is 79.4. The van der Waals surface area contributed by atoms with Gasteiger partial charge in [-0.25, -0.2) is 0 Å². The third kappa shape index (κ3) is 46.3. The molecule has 1 rings (SSSR count). The van der Waals surface area contributed by atoms with Crippen molar-refractivity contribution >= 4 is 113 Å². The highest BCUT2D eigenvalue weighted by Gasteiger charge is 2.36. The molecular formula is C68H125N33O14. The molecule has 0 unspecified atom stereocenters. The lowest BCUT2D eigenvalue weighted by Crippen LogP contribution is -2.60. The normalized spacial score (nSPS) is 13.5. The first-order valence-electron chi connectivity index (χ1n) is 37.7. The minimum absolute atomic E-state index is 0.000953. The number of amides is 13. The highest BCUT2D eigenvalue weighted by atomic mass is 16.3. The largest absolute Gasteiger partial charge is 0.508 e. The van der Waals surface area contributed by atoms with Crippen molar-refractivity contribution in [3.63, 3.8) is 0 Å². The number of nitrogens with two attached hydrogens (primary N) is 14. The molecule has 1 aromatic rings. The van der Waals surface area contributed by atoms with Crippen molar-refractivity contribution in [2.24, 2.45) is 110 Å². The molecule has 0 aliphatic carbocycles. The minimum atomic E-state index is -1.72. The van der Waals surface area contributed by atoms with Crippen LogP contribution in [0, 0.1) is 0 Å². The van der Waals surface area contributed by atoms with Crippen LogP contribution in [0.4, 0.5) is 0 Å². The Morgan fingerprint density at radius 1 is 0.365 bits per heavy atom. The van der Waals surface area contributed by atoms with E-state index >= 15 is 0 Å². The summed E-state index contributed by atoms with van der Waals surface area (Å²) < 4.78 is 0. The maximum absolute atomic E-state index is 14.9. The highest BCUT2D eigenvalue weighted by molar-refractivity contribution is 5.99. The zero-order chi connectivity index (χ0) is 86.4. The number of hydrogen-bond acceptors (Lipinski definition) is 22. The molecule has 0 radical (unpaired) electrons. The molecule has 0 spiro atoms. The summed E-state index contributed by atoms with van der Waals surface area (Å²) in [7, 11) is 3.20. The molecule has 47 heteroatoms. The number of carbonyl (C=O) groups excluding carboxylic acids is 13. The van der Waals surface area contributed by atoms with Gasteiger partial charge >= 0.3 is 0 Å². The summed E-state index contributed by atoms with van der Waals surface area (Å²) in [6, 6.07) is -8.73. The molecule has 1 aromatic carbocycles. The molecule has 42 N–H and O–H groups in total. The molecule has 47 nitrogen and oxygen atoms in total. The third-order valence-electron chi connectivity index (χ3n) is 17.0.